The zero-order valence-electron chi connectivity index (χ0n) is 39.0. The first-order valence-electron chi connectivity index (χ1n) is 24.6. The van der Waals surface area contributed by atoms with Crippen LogP contribution >= 0.6 is 0 Å². The molecule has 2 heteroatoms. The summed E-state index contributed by atoms with van der Waals surface area (Å²) in [4.78, 5) is 2.38. The van der Waals surface area contributed by atoms with Crippen molar-refractivity contribution in [1.82, 2.24) is 4.57 Å². The first-order chi connectivity index (χ1) is 35.3. The minimum Gasteiger partial charge on any atom is -0.310 e. The molecule has 0 saturated heterocycles. The predicted molar refractivity (Wildman–Crippen MR) is 299 cm³/mol. The van der Waals surface area contributed by atoms with E-state index in [0.717, 1.165) is 28.3 Å². The van der Waals surface area contributed by atoms with Gasteiger partial charge in [-0.05, 0) is 115 Å². The van der Waals surface area contributed by atoms with Crippen LogP contribution in [0.2, 0.25) is 0 Å². The normalized spacial score (nSPS) is 12.6. The standard InChI is InChI=1S/C69H46N2/c1-5-24-48(25-6-1)69(49-26-7-2-8-27-49)63-39-21-19-36-57(63)62-45-52(42-44-64(62)69)71-66-46-61(56-35-17-18-38-59(56)67(66)60-43-41-47-23-13-14-32-53(47)68(60)71)55-34-16-15-33-54(55)58-37-20-22-40-65(58)70(50-28-9-3-10-29-50)51-30-11-4-12-31-51/h1-46H. The lowest BCUT2D eigenvalue weighted by atomic mass is 9.68. The van der Waals surface area contributed by atoms with Gasteiger partial charge in [-0.25, -0.2) is 0 Å². The number of hydrogen-bond donors (Lipinski definition) is 0. The second kappa shape index (κ2) is 16.5. The molecule has 1 heterocycles. The molecule has 0 radical (unpaired) electrons. The maximum absolute atomic E-state index is 2.57. The Kier molecular flexibility index (Phi) is 9.47. The van der Waals surface area contributed by atoms with Crippen molar-refractivity contribution in [2.75, 3.05) is 4.90 Å². The fourth-order valence-corrected chi connectivity index (χ4v) is 12.1. The molecule has 0 fully saturated rings. The molecule has 0 spiro atoms. The average molecular weight is 903 g/mol. The Labute approximate surface area is 413 Å². The summed E-state index contributed by atoms with van der Waals surface area (Å²) in [7, 11) is 0. The molecule has 0 unspecified atom stereocenters. The van der Waals surface area contributed by atoms with Gasteiger partial charge in [-0.3, -0.25) is 0 Å². The van der Waals surface area contributed by atoms with E-state index in [9.17, 15) is 0 Å². The van der Waals surface area contributed by atoms with Gasteiger partial charge in [-0.2, -0.15) is 0 Å². The van der Waals surface area contributed by atoms with Gasteiger partial charge < -0.3 is 9.47 Å². The van der Waals surface area contributed by atoms with E-state index >= 15 is 0 Å². The van der Waals surface area contributed by atoms with Crippen LogP contribution in [0.25, 0.3) is 82.4 Å². The summed E-state index contributed by atoms with van der Waals surface area (Å²) < 4.78 is 2.57. The largest absolute Gasteiger partial charge is 0.310 e. The zero-order chi connectivity index (χ0) is 46.9. The minimum atomic E-state index is -0.486. The van der Waals surface area contributed by atoms with E-state index in [1.54, 1.807) is 0 Å². The van der Waals surface area contributed by atoms with Crippen LogP contribution in [-0.2, 0) is 5.41 Å². The number of para-hydroxylation sites is 3. The number of aromatic nitrogens is 1. The van der Waals surface area contributed by atoms with E-state index in [1.165, 1.54) is 93.4 Å². The summed E-state index contributed by atoms with van der Waals surface area (Å²) in [6, 6.07) is 103. The van der Waals surface area contributed by atoms with Crippen LogP contribution in [0.15, 0.2) is 279 Å². The number of fused-ring (bicyclic) bond motifs is 10. The molecule has 0 N–H and O–H groups in total. The van der Waals surface area contributed by atoms with Crippen LogP contribution in [0.3, 0.4) is 0 Å². The highest BCUT2D eigenvalue weighted by Gasteiger charge is 2.46. The van der Waals surface area contributed by atoms with Crippen LogP contribution in [0.1, 0.15) is 22.3 Å². The Morgan fingerprint density at radius 2 is 0.817 bits per heavy atom. The van der Waals surface area contributed by atoms with Crippen molar-refractivity contribution >= 4 is 60.4 Å². The second-order valence-electron chi connectivity index (χ2n) is 18.7. The fourth-order valence-electron chi connectivity index (χ4n) is 12.1. The number of rotatable bonds is 8. The van der Waals surface area contributed by atoms with Gasteiger partial charge in [0.05, 0.1) is 22.1 Å². The second-order valence-corrected chi connectivity index (χ2v) is 18.7. The predicted octanol–water partition coefficient (Wildman–Crippen LogP) is 18.3. The molecule has 0 saturated carbocycles. The van der Waals surface area contributed by atoms with Crippen LogP contribution in [0, 0.1) is 0 Å². The maximum atomic E-state index is 2.57. The highest BCUT2D eigenvalue weighted by atomic mass is 15.1. The van der Waals surface area contributed by atoms with Crippen molar-refractivity contribution in [2.24, 2.45) is 0 Å². The number of benzene rings is 12. The quantitative estimate of drug-likeness (QED) is 0.147. The SMILES string of the molecule is c1ccc(N(c2ccccc2)c2ccccc2-c2ccccc2-c2cc3c(c4ccccc24)c2ccc4ccccc4c2n3-c2ccc3c(c2)-c2ccccc2C3(c2ccccc2)c2ccccc2)cc1. The maximum Gasteiger partial charge on any atom is 0.0713 e. The molecule has 2 nitrogen and oxygen atoms in total. The van der Waals surface area contributed by atoms with Gasteiger partial charge >= 0.3 is 0 Å². The molecule has 0 atom stereocenters. The van der Waals surface area contributed by atoms with E-state index in [0.29, 0.717) is 0 Å². The molecule has 1 aromatic heterocycles. The van der Waals surface area contributed by atoms with Gasteiger partial charge in [0.25, 0.3) is 0 Å². The molecule has 12 aromatic carbocycles. The highest BCUT2D eigenvalue weighted by Crippen LogP contribution is 2.57. The molecule has 71 heavy (non-hydrogen) atoms. The van der Waals surface area contributed by atoms with Gasteiger partial charge in [-0.1, -0.05) is 231 Å². The highest BCUT2D eigenvalue weighted by molar-refractivity contribution is 6.28. The fraction of sp³-hybridized carbons (Fsp3) is 0.0145. The molecule has 1 aliphatic rings. The van der Waals surface area contributed by atoms with Crippen LogP contribution in [0.4, 0.5) is 17.1 Å². The summed E-state index contributed by atoms with van der Waals surface area (Å²) in [5.41, 5.74) is 18.7. The Balaban J connectivity index is 1.06. The monoisotopic (exact) mass is 902 g/mol. The Morgan fingerprint density at radius 1 is 0.310 bits per heavy atom. The van der Waals surface area contributed by atoms with Crippen molar-refractivity contribution in [3.05, 3.63) is 301 Å². The molecule has 1 aliphatic carbocycles. The summed E-state index contributed by atoms with van der Waals surface area (Å²) in [6.45, 7) is 0. The first-order valence-corrected chi connectivity index (χ1v) is 24.6. The minimum absolute atomic E-state index is 0.486. The summed E-state index contributed by atoms with van der Waals surface area (Å²) >= 11 is 0. The van der Waals surface area contributed by atoms with Crippen molar-refractivity contribution in [3.8, 4) is 39.1 Å². The van der Waals surface area contributed by atoms with Gasteiger partial charge in [0.2, 0.25) is 0 Å². The van der Waals surface area contributed by atoms with Crippen molar-refractivity contribution in [3.63, 3.8) is 0 Å². The number of hydrogen-bond acceptors (Lipinski definition) is 1. The Morgan fingerprint density at radius 3 is 1.49 bits per heavy atom. The lowest BCUT2D eigenvalue weighted by Crippen LogP contribution is -2.28. The van der Waals surface area contributed by atoms with Gasteiger partial charge in [-0.15, -0.1) is 0 Å². The van der Waals surface area contributed by atoms with Crippen molar-refractivity contribution in [1.29, 1.82) is 0 Å². The third-order valence-corrected chi connectivity index (χ3v) is 15.0. The topological polar surface area (TPSA) is 8.17 Å². The number of anilines is 3. The summed E-state index contributed by atoms with van der Waals surface area (Å²) in [5.74, 6) is 0. The van der Waals surface area contributed by atoms with E-state index in [-0.39, 0.29) is 0 Å². The molecule has 0 amide bonds. The smallest absolute Gasteiger partial charge is 0.0713 e. The van der Waals surface area contributed by atoms with Crippen LogP contribution in [0.5, 0.6) is 0 Å². The Hall–Kier alpha value is -9.24. The van der Waals surface area contributed by atoms with Crippen LogP contribution in [-0.4, -0.2) is 4.57 Å². The van der Waals surface area contributed by atoms with Gasteiger partial charge in [0.15, 0.2) is 0 Å². The molecule has 0 bridgehead atoms. The van der Waals surface area contributed by atoms with E-state index in [2.05, 4.69) is 289 Å². The van der Waals surface area contributed by atoms with Gasteiger partial charge in [0.1, 0.15) is 0 Å². The number of nitrogens with zero attached hydrogens (tertiary/aromatic N) is 2. The molecule has 14 rings (SSSR count). The summed E-state index contributed by atoms with van der Waals surface area (Å²) in [6.07, 6.45) is 0. The third kappa shape index (κ3) is 6.21. The van der Waals surface area contributed by atoms with Crippen LogP contribution < -0.4 is 4.90 Å². The third-order valence-electron chi connectivity index (χ3n) is 15.0. The van der Waals surface area contributed by atoms with Gasteiger partial charge in [0, 0.05) is 38.8 Å². The average Bonchev–Trinajstić information content (AvgIpc) is 3.95. The molecule has 13 aromatic rings. The van der Waals surface area contributed by atoms with E-state index in [4.69, 9.17) is 0 Å². The molecule has 0 aliphatic heterocycles. The molecular formula is C69H46N2. The zero-order valence-corrected chi connectivity index (χ0v) is 39.0. The summed E-state index contributed by atoms with van der Waals surface area (Å²) in [5, 5.41) is 7.40. The Bertz CT molecular complexity index is 4080. The lowest BCUT2D eigenvalue weighted by molar-refractivity contribution is 0.768. The van der Waals surface area contributed by atoms with Crippen molar-refractivity contribution < 1.29 is 0 Å². The van der Waals surface area contributed by atoms with E-state index < -0.39 is 5.41 Å². The molecule has 332 valence electrons. The molecular weight excluding hydrogens is 857 g/mol. The van der Waals surface area contributed by atoms with Crippen molar-refractivity contribution in [2.45, 2.75) is 5.41 Å². The lowest BCUT2D eigenvalue weighted by Gasteiger charge is -2.33. The first kappa shape index (κ1) is 40.8. The van der Waals surface area contributed by atoms with E-state index in [1.807, 2.05) is 0 Å².